The summed E-state index contributed by atoms with van der Waals surface area (Å²) in [6.07, 6.45) is -4.24. The third kappa shape index (κ3) is 3.32. The van der Waals surface area contributed by atoms with E-state index >= 15 is 0 Å². The number of hydrogen-bond acceptors (Lipinski definition) is 1. The molecule has 0 saturated carbocycles. The van der Waals surface area contributed by atoms with Gasteiger partial charge in [-0.2, -0.15) is 13.2 Å². The van der Waals surface area contributed by atoms with Crippen LogP contribution in [-0.2, 0) is 4.79 Å². The van der Waals surface area contributed by atoms with E-state index in [1.54, 1.807) is 12.2 Å². The van der Waals surface area contributed by atoms with Crippen molar-refractivity contribution in [2.45, 2.75) is 19.5 Å². The van der Waals surface area contributed by atoms with E-state index in [-0.39, 0.29) is 6.54 Å². The van der Waals surface area contributed by atoms with Gasteiger partial charge in [0, 0.05) is 6.54 Å². The minimum absolute atomic E-state index is 0.0678. The van der Waals surface area contributed by atoms with Gasteiger partial charge in [-0.15, -0.1) is 0 Å². The molecule has 1 N–H and O–H groups in total. The van der Waals surface area contributed by atoms with Crippen molar-refractivity contribution < 1.29 is 18.0 Å². The van der Waals surface area contributed by atoms with Crippen molar-refractivity contribution in [1.29, 1.82) is 0 Å². The van der Waals surface area contributed by atoms with Crippen molar-refractivity contribution in [3.05, 3.63) is 0 Å². The lowest BCUT2D eigenvalue weighted by atomic mass is 10.4. The van der Waals surface area contributed by atoms with E-state index in [2.05, 4.69) is 0 Å². The van der Waals surface area contributed by atoms with Crippen molar-refractivity contribution in [3.8, 4) is 0 Å². The Labute approximate surface area is 56.4 Å². The monoisotopic (exact) mass is 155 g/mol. The SMILES string of the molecule is CCCNC(=O)C(F)(F)F. The van der Waals surface area contributed by atoms with E-state index in [0.717, 1.165) is 0 Å². The van der Waals surface area contributed by atoms with Crippen LogP contribution in [0.2, 0.25) is 0 Å². The Bertz CT molecular complexity index is 121. The van der Waals surface area contributed by atoms with E-state index in [1.165, 1.54) is 0 Å². The predicted molar refractivity (Wildman–Crippen MR) is 29.4 cm³/mol. The van der Waals surface area contributed by atoms with E-state index < -0.39 is 12.1 Å². The molecule has 60 valence electrons. The molecule has 0 spiro atoms. The minimum atomic E-state index is -4.74. The zero-order valence-corrected chi connectivity index (χ0v) is 5.46. The molecule has 0 radical (unpaired) electrons. The van der Waals surface area contributed by atoms with Crippen molar-refractivity contribution in [1.82, 2.24) is 5.32 Å². The summed E-state index contributed by atoms with van der Waals surface area (Å²) in [6, 6.07) is 0. The average molecular weight is 155 g/mol. The Kier molecular flexibility index (Phi) is 3.18. The van der Waals surface area contributed by atoms with E-state index in [4.69, 9.17) is 0 Å². The largest absolute Gasteiger partial charge is 0.471 e. The molecule has 1 amide bonds. The fraction of sp³-hybridized carbons (Fsp3) is 0.800. The van der Waals surface area contributed by atoms with Gasteiger partial charge in [0.2, 0.25) is 0 Å². The predicted octanol–water partition coefficient (Wildman–Crippen LogP) is 1.07. The zero-order valence-electron chi connectivity index (χ0n) is 5.46. The van der Waals surface area contributed by atoms with Crippen LogP contribution in [0, 0.1) is 0 Å². The van der Waals surface area contributed by atoms with Gasteiger partial charge in [-0.05, 0) is 6.42 Å². The molecule has 0 heterocycles. The Morgan fingerprint density at radius 1 is 1.50 bits per heavy atom. The molecule has 0 aromatic heterocycles. The summed E-state index contributed by atoms with van der Waals surface area (Å²) in [5.41, 5.74) is 0. The molecule has 0 fully saturated rings. The maximum absolute atomic E-state index is 11.4. The van der Waals surface area contributed by atoms with Gasteiger partial charge in [0.25, 0.3) is 0 Å². The second-order valence-corrected chi connectivity index (χ2v) is 1.75. The highest BCUT2D eigenvalue weighted by Crippen LogP contribution is 2.13. The third-order valence-electron chi connectivity index (χ3n) is 0.793. The fourth-order valence-corrected chi connectivity index (χ4v) is 0.339. The number of halogens is 3. The van der Waals surface area contributed by atoms with Gasteiger partial charge in [0.1, 0.15) is 0 Å². The topological polar surface area (TPSA) is 29.1 Å². The summed E-state index contributed by atoms with van der Waals surface area (Å²) < 4.78 is 34.1. The summed E-state index contributed by atoms with van der Waals surface area (Å²) >= 11 is 0. The minimum Gasteiger partial charge on any atom is -0.348 e. The van der Waals surface area contributed by atoms with Crippen LogP contribution in [0.25, 0.3) is 0 Å². The van der Waals surface area contributed by atoms with Gasteiger partial charge >= 0.3 is 12.1 Å². The van der Waals surface area contributed by atoms with Crippen LogP contribution in [0.5, 0.6) is 0 Å². The van der Waals surface area contributed by atoms with Crippen molar-refractivity contribution >= 4 is 5.91 Å². The first kappa shape index (κ1) is 9.26. The van der Waals surface area contributed by atoms with Gasteiger partial charge in [-0.3, -0.25) is 4.79 Å². The molecule has 0 aromatic carbocycles. The molecule has 0 rings (SSSR count). The summed E-state index contributed by atoms with van der Waals surface area (Å²) in [5.74, 6) is -1.87. The van der Waals surface area contributed by atoms with Gasteiger partial charge in [-0.1, -0.05) is 6.92 Å². The van der Waals surface area contributed by atoms with Crippen molar-refractivity contribution in [3.63, 3.8) is 0 Å². The lowest BCUT2D eigenvalue weighted by Gasteiger charge is -2.05. The lowest BCUT2D eigenvalue weighted by molar-refractivity contribution is -0.173. The van der Waals surface area contributed by atoms with Crippen LogP contribution >= 0.6 is 0 Å². The molecule has 10 heavy (non-hydrogen) atoms. The van der Waals surface area contributed by atoms with Gasteiger partial charge in [0.15, 0.2) is 0 Å². The fourth-order valence-electron chi connectivity index (χ4n) is 0.339. The number of carbonyl (C=O) groups is 1. The number of hydrogen-bond donors (Lipinski definition) is 1. The molecule has 0 saturated heterocycles. The molecule has 0 bridgehead atoms. The highest BCUT2D eigenvalue weighted by Gasteiger charge is 2.37. The molecular weight excluding hydrogens is 147 g/mol. The van der Waals surface area contributed by atoms with Crippen LogP contribution in [0.1, 0.15) is 13.3 Å². The third-order valence-corrected chi connectivity index (χ3v) is 0.793. The Hall–Kier alpha value is -0.740. The van der Waals surface area contributed by atoms with Gasteiger partial charge in [-0.25, -0.2) is 0 Å². The lowest BCUT2D eigenvalue weighted by Crippen LogP contribution is -2.36. The number of alkyl halides is 3. The summed E-state index contributed by atoms with van der Waals surface area (Å²) in [5, 5.41) is 1.71. The van der Waals surface area contributed by atoms with E-state index in [1.807, 2.05) is 0 Å². The van der Waals surface area contributed by atoms with Gasteiger partial charge in [0.05, 0.1) is 0 Å². The normalized spacial score (nSPS) is 11.2. The second-order valence-electron chi connectivity index (χ2n) is 1.75. The molecule has 5 heteroatoms. The van der Waals surface area contributed by atoms with Gasteiger partial charge < -0.3 is 5.32 Å². The first-order valence-corrected chi connectivity index (χ1v) is 2.83. The van der Waals surface area contributed by atoms with Crippen molar-refractivity contribution in [2.24, 2.45) is 0 Å². The van der Waals surface area contributed by atoms with Crippen molar-refractivity contribution in [2.75, 3.05) is 6.54 Å². The van der Waals surface area contributed by atoms with Crippen LogP contribution in [0.4, 0.5) is 13.2 Å². The summed E-state index contributed by atoms with van der Waals surface area (Å²) in [6.45, 7) is 1.75. The number of amides is 1. The molecule has 0 aliphatic rings. The molecule has 0 unspecified atom stereocenters. The molecular formula is C5H8F3NO. The maximum Gasteiger partial charge on any atom is 0.471 e. The number of nitrogens with one attached hydrogen (secondary N) is 1. The Morgan fingerprint density at radius 2 is 2.00 bits per heavy atom. The first-order valence-electron chi connectivity index (χ1n) is 2.83. The number of carbonyl (C=O) groups excluding carboxylic acids is 1. The molecule has 2 nitrogen and oxygen atoms in total. The van der Waals surface area contributed by atoms with E-state index in [0.29, 0.717) is 6.42 Å². The van der Waals surface area contributed by atoms with Crippen LogP contribution in [0.15, 0.2) is 0 Å². The van der Waals surface area contributed by atoms with Crippen LogP contribution in [0.3, 0.4) is 0 Å². The molecule has 0 aromatic rings. The highest BCUT2D eigenvalue weighted by atomic mass is 19.4. The van der Waals surface area contributed by atoms with Crippen LogP contribution in [-0.4, -0.2) is 18.6 Å². The average Bonchev–Trinajstić information content (AvgIpc) is 1.80. The zero-order chi connectivity index (χ0) is 8.20. The van der Waals surface area contributed by atoms with Crippen LogP contribution < -0.4 is 5.32 Å². The first-order chi connectivity index (χ1) is 4.48. The summed E-state index contributed by atoms with van der Waals surface area (Å²) in [7, 11) is 0. The highest BCUT2D eigenvalue weighted by molar-refractivity contribution is 5.81. The molecule has 0 aliphatic carbocycles. The quantitative estimate of drug-likeness (QED) is 0.635. The Morgan fingerprint density at radius 3 is 2.30 bits per heavy atom. The number of rotatable bonds is 2. The van der Waals surface area contributed by atoms with E-state index in [9.17, 15) is 18.0 Å². The molecule has 0 atom stereocenters. The maximum atomic E-state index is 11.4. The smallest absolute Gasteiger partial charge is 0.348 e. The molecule has 0 aliphatic heterocycles. The summed E-state index contributed by atoms with van der Waals surface area (Å²) in [4.78, 5) is 9.99. The Balaban J connectivity index is 3.64. The standard InChI is InChI=1S/C5H8F3NO/c1-2-3-9-4(10)5(6,7)8/h2-3H2,1H3,(H,9,10). The second kappa shape index (κ2) is 3.43.